The summed E-state index contributed by atoms with van der Waals surface area (Å²) in [6.45, 7) is 3.19. The summed E-state index contributed by atoms with van der Waals surface area (Å²) in [4.78, 5) is 13.6. The quantitative estimate of drug-likeness (QED) is 0.633. The molecule has 26 heavy (non-hydrogen) atoms. The van der Waals surface area contributed by atoms with Crippen LogP contribution in [0.1, 0.15) is 27.6 Å². The van der Waals surface area contributed by atoms with Crippen LogP contribution in [0.5, 0.6) is 0 Å². The van der Waals surface area contributed by atoms with Gasteiger partial charge in [0.2, 0.25) is 0 Å². The van der Waals surface area contributed by atoms with Gasteiger partial charge in [-0.15, -0.1) is 11.3 Å². The fraction of sp³-hybridized carbons (Fsp3) is 0.227. The number of amides is 1. The van der Waals surface area contributed by atoms with E-state index in [4.69, 9.17) is 0 Å². The first-order valence-electron chi connectivity index (χ1n) is 8.96. The highest BCUT2D eigenvalue weighted by Crippen LogP contribution is 2.18. The van der Waals surface area contributed by atoms with Gasteiger partial charge in [0, 0.05) is 22.5 Å². The third kappa shape index (κ3) is 5.28. The zero-order chi connectivity index (χ0) is 18.2. The van der Waals surface area contributed by atoms with E-state index in [9.17, 15) is 4.79 Å². The maximum atomic E-state index is 12.3. The van der Waals surface area contributed by atoms with E-state index >= 15 is 0 Å². The molecule has 0 saturated heterocycles. The monoisotopic (exact) mass is 365 g/mol. The minimum atomic E-state index is 0.0783. The second-order valence-electron chi connectivity index (χ2n) is 6.42. The second kappa shape index (κ2) is 9.32. The van der Waals surface area contributed by atoms with Crippen molar-refractivity contribution in [2.45, 2.75) is 19.4 Å². The number of hydrogen-bond donors (Lipinski definition) is 2. The van der Waals surface area contributed by atoms with Gasteiger partial charge < -0.3 is 10.6 Å². The number of carbonyl (C=O) groups is 1. The van der Waals surface area contributed by atoms with Gasteiger partial charge in [-0.25, -0.2) is 0 Å². The number of nitrogens with two attached hydrogens (primary N) is 1. The summed E-state index contributed by atoms with van der Waals surface area (Å²) in [5.74, 6) is 0.0783. The number of nitrogens with one attached hydrogen (secondary N) is 1. The Bertz CT molecular complexity index is 798. The zero-order valence-corrected chi connectivity index (χ0v) is 15.8. The summed E-state index contributed by atoms with van der Waals surface area (Å²) < 4.78 is 0. The van der Waals surface area contributed by atoms with Crippen LogP contribution in [0.2, 0.25) is 0 Å². The first-order valence-corrected chi connectivity index (χ1v) is 9.84. The Morgan fingerprint density at radius 3 is 2.42 bits per heavy atom. The topological polar surface area (TPSA) is 45.7 Å². The normalized spacial score (nSPS) is 11.9. The van der Waals surface area contributed by atoms with E-state index in [1.807, 2.05) is 24.3 Å². The minimum absolute atomic E-state index is 0.0783. The molecular weight excluding hydrogens is 340 g/mol. The molecule has 1 atom stereocenters. The van der Waals surface area contributed by atoms with E-state index in [2.05, 4.69) is 65.4 Å². The molecule has 3 rings (SSSR count). The third-order valence-corrected chi connectivity index (χ3v) is 5.34. The molecule has 4 heteroatoms. The lowest BCUT2D eigenvalue weighted by Crippen LogP contribution is -2.87. The molecule has 0 aliphatic rings. The number of quaternary nitrogens is 1. The number of aryl methyl sites for hydroxylation is 1. The molecule has 0 radical (unpaired) electrons. The predicted molar refractivity (Wildman–Crippen MR) is 107 cm³/mol. The van der Waals surface area contributed by atoms with Crippen molar-refractivity contribution < 1.29 is 10.1 Å². The van der Waals surface area contributed by atoms with Crippen molar-refractivity contribution in [1.82, 2.24) is 5.32 Å². The summed E-state index contributed by atoms with van der Waals surface area (Å²) in [6, 6.07) is 23.2. The zero-order valence-electron chi connectivity index (χ0n) is 15.0. The van der Waals surface area contributed by atoms with E-state index in [1.54, 1.807) is 11.3 Å². The van der Waals surface area contributed by atoms with E-state index in [0.29, 0.717) is 13.1 Å². The lowest BCUT2D eigenvalue weighted by atomic mass is 9.98. The van der Waals surface area contributed by atoms with Crippen LogP contribution in [-0.4, -0.2) is 19.0 Å². The Balaban J connectivity index is 1.59. The fourth-order valence-electron chi connectivity index (χ4n) is 2.98. The van der Waals surface area contributed by atoms with Gasteiger partial charge in [-0.05, 0) is 24.8 Å². The van der Waals surface area contributed by atoms with Gasteiger partial charge in [0.05, 0.1) is 0 Å². The van der Waals surface area contributed by atoms with Crippen molar-refractivity contribution in [2.24, 2.45) is 0 Å². The summed E-state index contributed by atoms with van der Waals surface area (Å²) in [5.41, 5.74) is 3.67. The van der Waals surface area contributed by atoms with Crippen LogP contribution in [0.4, 0.5) is 0 Å². The molecule has 0 aliphatic heterocycles. The maximum absolute atomic E-state index is 12.3. The van der Waals surface area contributed by atoms with E-state index in [0.717, 1.165) is 6.42 Å². The standard InChI is InChI=1S/C22H24N2OS/c1-17-9-11-19(12-10-17)22(18-6-3-2-4-7-18)24-16-21(25)23-14-13-20-8-5-15-26-20/h2-12,15,22,24H,13-14,16H2,1H3,(H,23,25)/p+1/t22-/m0/s1. The largest absolute Gasteiger partial charge is 0.351 e. The van der Waals surface area contributed by atoms with Crippen molar-refractivity contribution in [2.75, 3.05) is 13.1 Å². The number of hydrogen-bond acceptors (Lipinski definition) is 2. The van der Waals surface area contributed by atoms with Gasteiger partial charge in [-0.1, -0.05) is 66.2 Å². The molecule has 0 spiro atoms. The Labute approximate surface area is 159 Å². The highest BCUT2D eigenvalue weighted by molar-refractivity contribution is 7.09. The molecule has 1 heterocycles. The van der Waals surface area contributed by atoms with Crippen LogP contribution >= 0.6 is 11.3 Å². The van der Waals surface area contributed by atoms with Gasteiger partial charge in [0.25, 0.3) is 5.91 Å². The fourth-order valence-corrected chi connectivity index (χ4v) is 3.68. The Morgan fingerprint density at radius 2 is 1.73 bits per heavy atom. The summed E-state index contributed by atoms with van der Waals surface area (Å²) in [7, 11) is 0. The van der Waals surface area contributed by atoms with Gasteiger partial charge in [-0.2, -0.15) is 0 Å². The van der Waals surface area contributed by atoms with Gasteiger partial charge in [0.15, 0.2) is 6.54 Å². The maximum Gasteiger partial charge on any atom is 0.275 e. The van der Waals surface area contributed by atoms with Crippen molar-refractivity contribution in [3.63, 3.8) is 0 Å². The third-order valence-electron chi connectivity index (χ3n) is 4.41. The van der Waals surface area contributed by atoms with Gasteiger partial charge in [0.1, 0.15) is 6.04 Å². The molecule has 1 amide bonds. The molecule has 0 saturated carbocycles. The molecule has 3 N–H and O–H groups in total. The Kier molecular flexibility index (Phi) is 6.58. The summed E-state index contributed by atoms with van der Waals surface area (Å²) in [6.07, 6.45) is 0.892. The number of benzene rings is 2. The van der Waals surface area contributed by atoms with Gasteiger partial charge >= 0.3 is 0 Å². The van der Waals surface area contributed by atoms with E-state index in [-0.39, 0.29) is 11.9 Å². The minimum Gasteiger partial charge on any atom is -0.351 e. The van der Waals surface area contributed by atoms with Crippen LogP contribution in [0, 0.1) is 6.92 Å². The number of carbonyl (C=O) groups excluding carboxylic acids is 1. The van der Waals surface area contributed by atoms with Crippen molar-refractivity contribution in [3.8, 4) is 0 Å². The van der Waals surface area contributed by atoms with Crippen LogP contribution in [0.15, 0.2) is 72.1 Å². The van der Waals surface area contributed by atoms with Crippen molar-refractivity contribution in [1.29, 1.82) is 0 Å². The first-order chi connectivity index (χ1) is 12.7. The average molecular weight is 366 g/mol. The second-order valence-corrected chi connectivity index (χ2v) is 7.45. The summed E-state index contributed by atoms with van der Waals surface area (Å²) in [5, 5.41) is 7.20. The first kappa shape index (κ1) is 18.4. The van der Waals surface area contributed by atoms with Crippen molar-refractivity contribution in [3.05, 3.63) is 93.7 Å². The molecule has 0 aliphatic carbocycles. The van der Waals surface area contributed by atoms with Gasteiger partial charge in [-0.3, -0.25) is 4.79 Å². The smallest absolute Gasteiger partial charge is 0.275 e. The predicted octanol–water partition coefficient (Wildman–Crippen LogP) is 3.07. The lowest BCUT2D eigenvalue weighted by molar-refractivity contribution is -0.676. The number of thiophene rings is 1. The van der Waals surface area contributed by atoms with Crippen LogP contribution in [0.25, 0.3) is 0 Å². The molecule has 0 fully saturated rings. The van der Waals surface area contributed by atoms with E-state index in [1.165, 1.54) is 21.6 Å². The SMILES string of the molecule is Cc1ccc([C@@H]([NH2+]CC(=O)NCCc2cccs2)c2ccccc2)cc1. The van der Waals surface area contributed by atoms with Crippen molar-refractivity contribution >= 4 is 17.2 Å². The van der Waals surface area contributed by atoms with Crippen LogP contribution in [-0.2, 0) is 11.2 Å². The Hall–Kier alpha value is -2.43. The molecule has 0 unspecified atom stereocenters. The highest BCUT2D eigenvalue weighted by atomic mass is 32.1. The highest BCUT2D eigenvalue weighted by Gasteiger charge is 2.18. The molecule has 3 nitrogen and oxygen atoms in total. The lowest BCUT2D eigenvalue weighted by Gasteiger charge is -2.17. The van der Waals surface area contributed by atoms with Crippen LogP contribution in [0.3, 0.4) is 0 Å². The molecule has 2 aromatic carbocycles. The molecule has 1 aromatic heterocycles. The van der Waals surface area contributed by atoms with E-state index < -0.39 is 0 Å². The number of rotatable bonds is 8. The molecule has 134 valence electrons. The van der Waals surface area contributed by atoms with Crippen LogP contribution < -0.4 is 10.6 Å². The Morgan fingerprint density at radius 1 is 1.00 bits per heavy atom. The molecular formula is C22H25N2OS+. The molecule has 3 aromatic rings. The average Bonchev–Trinajstić information content (AvgIpc) is 3.18. The molecule has 0 bridgehead atoms. The summed E-state index contributed by atoms with van der Waals surface area (Å²) >= 11 is 1.73.